The number of para-hydroxylation sites is 2. The number of benzene rings is 2. The summed E-state index contributed by atoms with van der Waals surface area (Å²) in [4.78, 5) is 26.7. The second-order valence-corrected chi connectivity index (χ2v) is 5.06. The van der Waals surface area contributed by atoms with Gasteiger partial charge in [-0.25, -0.2) is 0 Å². The van der Waals surface area contributed by atoms with Crippen LogP contribution in [0.1, 0.15) is 15.9 Å². The molecule has 4 nitrogen and oxygen atoms in total. The smallest absolute Gasteiger partial charge is 0.261 e. The zero-order valence-corrected chi connectivity index (χ0v) is 10.7. The molecule has 0 unspecified atom stereocenters. The van der Waals surface area contributed by atoms with Crippen molar-refractivity contribution in [2.75, 3.05) is 10.2 Å². The molecule has 0 fully saturated rings. The number of amides is 2. The van der Waals surface area contributed by atoms with Crippen molar-refractivity contribution >= 4 is 23.2 Å². The van der Waals surface area contributed by atoms with Gasteiger partial charge in [-0.15, -0.1) is 0 Å². The molecule has 2 aliphatic heterocycles. The maximum Gasteiger partial charge on any atom is 0.261 e. The summed E-state index contributed by atoms with van der Waals surface area (Å²) in [6.45, 7) is 0. The average Bonchev–Trinajstić information content (AvgIpc) is 2.82. The fourth-order valence-electron chi connectivity index (χ4n) is 2.97. The van der Waals surface area contributed by atoms with E-state index in [0.29, 0.717) is 17.7 Å². The van der Waals surface area contributed by atoms with E-state index < -0.39 is 6.04 Å². The Morgan fingerprint density at radius 1 is 1.00 bits per heavy atom. The van der Waals surface area contributed by atoms with Crippen LogP contribution in [-0.2, 0) is 11.2 Å². The van der Waals surface area contributed by atoms with Crippen LogP contribution in [0.15, 0.2) is 48.5 Å². The summed E-state index contributed by atoms with van der Waals surface area (Å²) in [5.41, 5.74) is 3.02. The van der Waals surface area contributed by atoms with Crippen molar-refractivity contribution in [2.45, 2.75) is 12.5 Å². The highest BCUT2D eigenvalue weighted by Crippen LogP contribution is 2.36. The SMILES string of the molecule is O=C1Nc2ccccc2C(=O)N2c3ccccc3C[C@H]12. The van der Waals surface area contributed by atoms with Gasteiger partial charge in [-0.3, -0.25) is 14.5 Å². The summed E-state index contributed by atoms with van der Waals surface area (Å²) >= 11 is 0. The van der Waals surface area contributed by atoms with Gasteiger partial charge in [0.2, 0.25) is 5.91 Å². The molecule has 2 aliphatic rings. The first kappa shape index (κ1) is 11.2. The van der Waals surface area contributed by atoms with Crippen molar-refractivity contribution in [2.24, 2.45) is 0 Å². The van der Waals surface area contributed by atoms with Crippen LogP contribution in [0.5, 0.6) is 0 Å². The van der Waals surface area contributed by atoms with Crippen LogP contribution in [0.4, 0.5) is 11.4 Å². The van der Waals surface area contributed by atoms with E-state index in [0.717, 1.165) is 11.3 Å². The lowest BCUT2D eigenvalue weighted by Gasteiger charge is -2.21. The van der Waals surface area contributed by atoms with Gasteiger partial charge < -0.3 is 5.32 Å². The zero-order valence-electron chi connectivity index (χ0n) is 10.7. The van der Waals surface area contributed by atoms with Gasteiger partial charge in [0.1, 0.15) is 6.04 Å². The Bertz CT molecular complexity index is 739. The maximum atomic E-state index is 12.8. The van der Waals surface area contributed by atoms with Gasteiger partial charge in [-0.2, -0.15) is 0 Å². The normalized spacial score (nSPS) is 19.8. The average molecular weight is 264 g/mol. The summed E-state index contributed by atoms with van der Waals surface area (Å²) in [6.07, 6.45) is 0.571. The van der Waals surface area contributed by atoms with Crippen LogP contribution in [-0.4, -0.2) is 17.9 Å². The minimum atomic E-state index is -0.452. The van der Waals surface area contributed by atoms with Crippen LogP contribution >= 0.6 is 0 Å². The molecule has 0 spiro atoms. The minimum Gasteiger partial charge on any atom is -0.324 e. The Morgan fingerprint density at radius 2 is 1.75 bits per heavy atom. The highest BCUT2D eigenvalue weighted by Gasteiger charge is 2.41. The number of nitrogens with zero attached hydrogens (tertiary/aromatic N) is 1. The molecule has 2 heterocycles. The van der Waals surface area contributed by atoms with Gasteiger partial charge in [0.05, 0.1) is 11.3 Å². The Hall–Kier alpha value is -2.62. The maximum absolute atomic E-state index is 12.8. The fraction of sp³-hybridized carbons (Fsp3) is 0.125. The van der Waals surface area contributed by atoms with Crippen LogP contribution < -0.4 is 10.2 Å². The number of hydrogen-bond donors (Lipinski definition) is 1. The molecule has 2 aromatic carbocycles. The van der Waals surface area contributed by atoms with Crippen molar-refractivity contribution < 1.29 is 9.59 Å². The molecule has 1 N–H and O–H groups in total. The van der Waals surface area contributed by atoms with E-state index in [2.05, 4.69) is 5.32 Å². The van der Waals surface area contributed by atoms with Crippen molar-refractivity contribution in [3.63, 3.8) is 0 Å². The molecule has 0 radical (unpaired) electrons. The third kappa shape index (κ3) is 1.42. The topological polar surface area (TPSA) is 49.4 Å². The van der Waals surface area contributed by atoms with E-state index >= 15 is 0 Å². The Labute approximate surface area is 116 Å². The molecule has 0 saturated heterocycles. The van der Waals surface area contributed by atoms with E-state index in [-0.39, 0.29) is 11.8 Å². The molecular weight excluding hydrogens is 252 g/mol. The first-order chi connectivity index (χ1) is 9.75. The van der Waals surface area contributed by atoms with E-state index in [1.807, 2.05) is 36.4 Å². The summed E-state index contributed by atoms with van der Waals surface area (Å²) < 4.78 is 0. The fourth-order valence-corrected chi connectivity index (χ4v) is 2.97. The van der Waals surface area contributed by atoms with E-state index in [1.54, 1.807) is 17.0 Å². The molecule has 0 aliphatic carbocycles. The number of anilines is 2. The van der Waals surface area contributed by atoms with Crippen molar-refractivity contribution in [1.82, 2.24) is 0 Å². The second-order valence-electron chi connectivity index (χ2n) is 5.06. The lowest BCUT2D eigenvalue weighted by atomic mass is 10.1. The first-order valence-electron chi connectivity index (χ1n) is 6.57. The summed E-state index contributed by atoms with van der Waals surface area (Å²) in [5, 5.41) is 2.86. The molecule has 4 heteroatoms. The summed E-state index contributed by atoms with van der Waals surface area (Å²) in [5.74, 6) is -0.242. The zero-order chi connectivity index (χ0) is 13.7. The number of carbonyl (C=O) groups excluding carboxylic acids is 2. The number of rotatable bonds is 0. The molecular formula is C16H12N2O2. The Kier molecular flexibility index (Phi) is 2.21. The van der Waals surface area contributed by atoms with Gasteiger partial charge in [-0.05, 0) is 23.8 Å². The van der Waals surface area contributed by atoms with Crippen LogP contribution in [0.3, 0.4) is 0 Å². The lowest BCUT2D eigenvalue weighted by molar-refractivity contribution is -0.117. The number of hydrogen-bond acceptors (Lipinski definition) is 2. The van der Waals surface area contributed by atoms with Crippen molar-refractivity contribution in [3.05, 3.63) is 59.7 Å². The predicted octanol–water partition coefficient (Wildman–Crippen LogP) is 2.21. The third-order valence-electron chi connectivity index (χ3n) is 3.91. The number of nitrogens with one attached hydrogen (secondary N) is 1. The first-order valence-corrected chi connectivity index (χ1v) is 6.57. The predicted molar refractivity (Wildman–Crippen MR) is 75.8 cm³/mol. The largest absolute Gasteiger partial charge is 0.324 e. The molecule has 1 atom stereocenters. The molecule has 98 valence electrons. The molecule has 4 rings (SSSR count). The molecule has 2 amide bonds. The summed E-state index contributed by atoms with van der Waals surface area (Å²) in [6, 6.07) is 14.4. The second kappa shape index (κ2) is 3.93. The number of fused-ring (bicyclic) bond motifs is 4. The monoisotopic (exact) mass is 264 g/mol. The van der Waals surface area contributed by atoms with Gasteiger partial charge in [0, 0.05) is 12.1 Å². The quantitative estimate of drug-likeness (QED) is 0.793. The molecule has 0 saturated carbocycles. The summed E-state index contributed by atoms with van der Waals surface area (Å²) in [7, 11) is 0. The third-order valence-corrected chi connectivity index (χ3v) is 3.91. The van der Waals surface area contributed by atoms with Crippen molar-refractivity contribution in [3.8, 4) is 0 Å². The van der Waals surface area contributed by atoms with Gasteiger partial charge in [0.25, 0.3) is 5.91 Å². The Morgan fingerprint density at radius 3 is 2.65 bits per heavy atom. The molecule has 0 aromatic heterocycles. The Balaban J connectivity index is 1.92. The van der Waals surface area contributed by atoms with E-state index in [9.17, 15) is 9.59 Å². The van der Waals surface area contributed by atoms with Crippen molar-refractivity contribution in [1.29, 1.82) is 0 Å². The van der Waals surface area contributed by atoms with E-state index in [4.69, 9.17) is 0 Å². The minimum absolute atomic E-state index is 0.117. The number of carbonyl (C=O) groups is 2. The van der Waals surface area contributed by atoms with Crippen LogP contribution in [0, 0.1) is 0 Å². The van der Waals surface area contributed by atoms with Gasteiger partial charge in [0.15, 0.2) is 0 Å². The van der Waals surface area contributed by atoms with E-state index in [1.165, 1.54) is 0 Å². The highest BCUT2D eigenvalue weighted by molar-refractivity contribution is 6.19. The molecule has 20 heavy (non-hydrogen) atoms. The molecule has 2 aromatic rings. The highest BCUT2D eigenvalue weighted by atomic mass is 16.2. The lowest BCUT2D eigenvalue weighted by Crippen LogP contribution is -2.42. The van der Waals surface area contributed by atoms with Crippen LogP contribution in [0.2, 0.25) is 0 Å². The molecule has 0 bridgehead atoms. The van der Waals surface area contributed by atoms with Gasteiger partial charge >= 0.3 is 0 Å². The van der Waals surface area contributed by atoms with Gasteiger partial charge in [-0.1, -0.05) is 30.3 Å². The van der Waals surface area contributed by atoms with Crippen LogP contribution in [0.25, 0.3) is 0 Å². The standard InChI is InChI=1S/C16H12N2O2/c19-15-14-9-10-5-1-4-8-13(10)18(14)16(20)11-6-2-3-7-12(11)17-15/h1-8,14H,9H2,(H,17,19)/t14-/m1/s1.